The molecule has 0 fully saturated rings. The Labute approximate surface area is 158 Å². The average Bonchev–Trinajstić information content (AvgIpc) is 2.91. The van der Waals surface area contributed by atoms with Crippen LogP contribution in [0.15, 0.2) is 28.9 Å². The van der Waals surface area contributed by atoms with Crippen molar-refractivity contribution in [2.45, 2.75) is 33.4 Å². The summed E-state index contributed by atoms with van der Waals surface area (Å²) < 4.78 is 37.2. The predicted molar refractivity (Wildman–Crippen MR) is 95.9 cm³/mol. The summed E-state index contributed by atoms with van der Waals surface area (Å²) in [6.45, 7) is 2.05. The third kappa shape index (κ3) is 5.69. The number of carbonyl (C=O) groups excluding carboxylic acids is 1. The molecule has 0 bridgehead atoms. The van der Waals surface area contributed by atoms with Gasteiger partial charge in [0.25, 0.3) is 5.91 Å². The molecule has 0 saturated heterocycles. The molecule has 1 amide bonds. The molecule has 0 aliphatic carbocycles. The topological polar surface area (TPSA) is 65.4 Å². The molecule has 0 unspecified atom stereocenters. The summed E-state index contributed by atoms with van der Waals surface area (Å²) in [5.74, 6) is -0.303. The predicted octanol–water partition coefficient (Wildman–Crippen LogP) is 3.77. The molecule has 1 N–H and O–H groups in total. The second-order valence-corrected chi connectivity index (χ2v) is 6.26. The average molecular weight is 432 g/mol. The van der Waals surface area contributed by atoms with E-state index in [1.807, 2.05) is 13.1 Å². The number of hydrogen-bond donors (Lipinski definition) is 1. The van der Waals surface area contributed by atoms with E-state index in [4.69, 9.17) is 4.74 Å². The van der Waals surface area contributed by atoms with E-state index in [0.717, 1.165) is 10.2 Å². The number of nitrogens with zero attached hydrogens (tertiary/aromatic N) is 2. The van der Waals surface area contributed by atoms with E-state index in [1.165, 1.54) is 18.2 Å². The van der Waals surface area contributed by atoms with E-state index in [9.17, 15) is 13.6 Å². The van der Waals surface area contributed by atoms with Crippen LogP contribution in [-0.4, -0.2) is 35.5 Å². The van der Waals surface area contributed by atoms with Crippen LogP contribution >= 0.6 is 15.9 Å². The quantitative estimate of drug-likeness (QED) is 0.613. The van der Waals surface area contributed by atoms with Gasteiger partial charge < -0.3 is 14.8 Å². The second kappa shape index (κ2) is 9.51. The van der Waals surface area contributed by atoms with Crippen molar-refractivity contribution in [1.29, 1.82) is 0 Å². The Hall–Kier alpha value is -2.16. The zero-order chi connectivity index (χ0) is 19.1. The fourth-order valence-electron chi connectivity index (χ4n) is 2.26. The lowest BCUT2D eigenvalue weighted by Crippen LogP contribution is -2.25. The van der Waals surface area contributed by atoms with E-state index in [-0.39, 0.29) is 24.0 Å². The zero-order valence-electron chi connectivity index (χ0n) is 14.5. The standard InChI is InChI=1S/C17H20BrF2N3O3/c1-3-25-15-9-12(5-6-14(15)26-17(19)20)16(24)21-7-4-8-23-10-13(18)11(2)22-23/h5-6,9-10,17H,3-4,7-8H2,1-2H3,(H,21,24). The van der Waals surface area contributed by atoms with Gasteiger partial charge >= 0.3 is 6.61 Å². The van der Waals surface area contributed by atoms with Gasteiger partial charge in [-0.2, -0.15) is 13.9 Å². The molecule has 0 radical (unpaired) electrons. The van der Waals surface area contributed by atoms with Gasteiger partial charge in [0.1, 0.15) is 0 Å². The van der Waals surface area contributed by atoms with E-state index in [0.29, 0.717) is 25.1 Å². The summed E-state index contributed by atoms with van der Waals surface area (Å²) >= 11 is 3.40. The molecule has 0 aliphatic rings. The third-order valence-electron chi connectivity index (χ3n) is 3.46. The Morgan fingerprint density at radius 1 is 1.38 bits per heavy atom. The Bertz CT molecular complexity index is 733. The number of carbonyl (C=O) groups is 1. The van der Waals surface area contributed by atoms with Crippen molar-refractivity contribution in [3.63, 3.8) is 0 Å². The van der Waals surface area contributed by atoms with Crippen LogP contribution in [0.2, 0.25) is 0 Å². The van der Waals surface area contributed by atoms with Crippen molar-refractivity contribution in [3.05, 3.63) is 40.1 Å². The maximum Gasteiger partial charge on any atom is 0.387 e. The number of amides is 1. The highest BCUT2D eigenvalue weighted by atomic mass is 79.9. The summed E-state index contributed by atoms with van der Waals surface area (Å²) in [6.07, 6.45) is 2.58. The molecule has 2 rings (SSSR count). The number of halogens is 3. The number of aromatic nitrogens is 2. The van der Waals surface area contributed by atoms with Gasteiger partial charge in [0.05, 0.1) is 16.8 Å². The van der Waals surface area contributed by atoms with Gasteiger partial charge in [0, 0.05) is 24.8 Å². The van der Waals surface area contributed by atoms with Gasteiger partial charge in [-0.05, 0) is 54.4 Å². The Balaban J connectivity index is 1.90. The molecule has 142 valence electrons. The van der Waals surface area contributed by atoms with Gasteiger partial charge in [0.2, 0.25) is 0 Å². The Morgan fingerprint density at radius 3 is 2.77 bits per heavy atom. The number of rotatable bonds is 9. The highest BCUT2D eigenvalue weighted by Crippen LogP contribution is 2.29. The van der Waals surface area contributed by atoms with Crippen LogP contribution in [0.25, 0.3) is 0 Å². The molecular formula is C17H20BrF2N3O3. The van der Waals surface area contributed by atoms with Gasteiger partial charge in [0.15, 0.2) is 11.5 Å². The number of hydrogen-bond acceptors (Lipinski definition) is 4. The Kier molecular flexibility index (Phi) is 7.38. The molecule has 26 heavy (non-hydrogen) atoms. The van der Waals surface area contributed by atoms with Crippen LogP contribution in [0.5, 0.6) is 11.5 Å². The van der Waals surface area contributed by atoms with E-state index in [2.05, 4.69) is 31.1 Å². The maximum atomic E-state index is 12.4. The fourth-order valence-corrected chi connectivity index (χ4v) is 2.58. The Morgan fingerprint density at radius 2 is 2.15 bits per heavy atom. The van der Waals surface area contributed by atoms with Crippen LogP contribution in [0.3, 0.4) is 0 Å². The number of benzene rings is 1. The van der Waals surface area contributed by atoms with Crippen LogP contribution < -0.4 is 14.8 Å². The number of aryl methyl sites for hydroxylation is 2. The molecule has 1 aromatic carbocycles. The largest absolute Gasteiger partial charge is 0.490 e. The van der Waals surface area contributed by atoms with Crippen molar-refractivity contribution >= 4 is 21.8 Å². The molecule has 0 atom stereocenters. The second-order valence-electron chi connectivity index (χ2n) is 5.41. The number of ether oxygens (including phenoxy) is 2. The van der Waals surface area contributed by atoms with Crippen molar-refractivity contribution in [1.82, 2.24) is 15.1 Å². The van der Waals surface area contributed by atoms with E-state index >= 15 is 0 Å². The van der Waals surface area contributed by atoms with Gasteiger partial charge in [-0.3, -0.25) is 9.48 Å². The molecular weight excluding hydrogens is 412 g/mol. The van der Waals surface area contributed by atoms with Gasteiger partial charge in [-0.25, -0.2) is 0 Å². The fraction of sp³-hybridized carbons (Fsp3) is 0.412. The molecule has 6 nitrogen and oxygen atoms in total. The van der Waals surface area contributed by atoms with Crippen molar-refractivity contribution in [3.8, 4) is 11.5 Å². The third-order valence-corrected chi connectivity index (χ3v) is 4.24. The summed E-state index contributed by atoms with van der Waals surface area (Å²) in [4.78, 5) is 12.2. The van der Waals surface area contributed by atoms with Crippen molar-refractivity contribution < 1.29 is 23.0 Å². The van der Waals surface area contributed by atoms with Crippen molar-refractivity contribution in [2.24, 2.45) is 0 Å². The summed E-state index contributed by atoms with van der Waals surface area (Å²) in [5.41, 5.74) is 1.22. The van der Waals surface area contributed by atoms with Crippen LogP contribution in [0.1, 0.15) is 29.4 Å². The molecule has 9 heteroatoms. The highest BCUT2D eigenvalue weighted by Gasteiger charge is 2.14. The molecule has 1 heterocycles. The van der Waals surface area contributed by atoms with Gasteiger partial charge in [-0.1, -0.05) is 0 Å². The molecule has 0 spiro atoms. The highest BCUT2D eigenvalue weighted by molar-refractivity contribution is 9.10. The molecule has 2 aromatic rings. The first-order chi connectivity index (χ1) is 12.4. The van der Waals surface area contributed by atoms with Crippen LogP contribution in [0, 0.1) is 6.92 Å². The van der Waals surface area contributed by atoms with E-state index in [1.54, 1.807) is 11.6 Å². The minimum Gasteiger partial charge on any atom is -0.490 e. The monoisotopic (exact) mass is 431 g/mol. The number of nitrogens with one attached hydrogen (secondary N) is 1. The lowest BCUT2D eigenvalue weighted by molar-refractivity contribution is -0.0514. The molecule has 0 aliphatic heterocycles. The smallest absolute Gasteiger partial charge is 0.387 e. The minimum absolute atomic E-state index is 0.0990. The first-order valence-electron chi connectivity index (χ1n) is 8.10. The van der Waals surface area contributed by atoms with Gasteiger partial charge in [-0.15, -0.1) is 0 Å². The van der Waals surface area contributed by atoms with Crippen LogP contribution in [0.4, 0.5) is 8.78 Å². The lowest BCUT2D eigenvalue weighted by Gasteiger charge is -2.13. The normalized spacial score (nSPS) is 10.8. The number of alkyl halides is 2. The lowest BCUT2D eigenvalue weighted by atomic mass is 10.2. The summed E-state index contributed by atoms with van der Waals surface area (Å²) in [5, 5.41) is 7.10. The van der Waals surface area contributed by atoms with Crippen molar-refractivity contribution in [2.75, 3.05) is 13.2 Å². The maximum absolute atomic E-state index is 12.4. The van der Waals surface area contributed by atoms with Crippen LogP contribution in [-0.2, 0) is 6.54 Å². The first kappa shape index (κ1) is 20.2. The van der Waals surface area contributed by atoms with E-state index < -0.39 is 6.61 Å². The summed E-state index contributed by atoms with van der Waals surface area (Å²) in [7, 11) is 0. The SMILES string of the molecule is CCOc1cc(C(=O)NCCCn2cc(Br)c(C)n2)ccc1OC(F)F. The zero-order valence-corrected chi connectivity index (χ0v) is 16.1. The minimum atomic E-state index is -2.96. The summed E-state index contributed by atoms with van der Waals surface area (Å²) in [6, 6.07) is 4.12. The molecule has 0 saturated carbocycles. The first-order valence-corrected chi connectivity index (χ1v) is 8.89. The molecule has 1 aromatic heterocycles.